The van der Waals surface area contributed by atoms with Crippen LogP contribution >= 0.6 is 0 Å². The highest BCUT2D eigenvalue weighted by Crippen LogP contribution is 1.78. The van der Waals surface area contributed by atoms with Gasteiger partial charge in [0.2, 0.25) is 0 Å². The molecule has 0 fully saturated rings. The SMILES string of the molecule is CC(=O)OC=CC([O])=O. The predicted octanol–water partition coefficient (Wildman–Crippen LogP) is 0.0203. The van der Waals surface area contributed by atoms with Gasteiger partial charge in [-0.15, -0.1) is 0 Å². The summed E-state index contributed by atoms with van der Waals surface area (Å²) in [6.07, 6.45) is 1.39. The zero-order valence-corrected chi connectivity index (χ0v) is 4.79. The van der Waals surface area contributed by atoms with Gasteiger partial charge in [0, 0.05) is 6.92 Å². The van der Waals surface area contributed by atoms with E-state index in [1.165, 1.54) is 6.92 Å². The molecule has 0 rings (SSSR count). The Hall–Kier alpha value is -1.32. The number of carbonyl (C=O) groups excluding carboxylic acids is 2. The van der Waals surface area contributed by atoms with E-state index >= 15 is 0 Å². The van der Waals surface area contributed by atoms with Crippen LogP contribution in [0.3, 0.4) is 0 Å². The molecule has 0 aliphatic rings. The fourth-order valence-corrected chi connectivity index (χ4v) is 0.185. The predicted molar refractivity (Wildman–Crippen MR) is 26.6 cm³/mol. The number of ether oxygens (including phenoxy) is 1. The van der Waals surface area contributed by atoms with Crippen molar-refractivity contribution in [2.45, 2.75) is 6.92 Å². The fraction of sp³-hybridized carbons (Fsp3) is 0.200. The lowest BCUT2D eigenvalue weighted by atomic mass is 10.6. The normalized spacial score (nSPS) is 9.44. The molecule has 4 nitrogen and oxygen atoms in total. The second-order valence-electron chi connectivity index (χ2n) is 1.23. The van der Waals surface area contributed by atoms with Crippen LogP contribution in [0.5, 0.6) is 0 Å². The Bertz CT molecular complexity index is 147. The number of carbonyl (C=O) groups is 2. The van der Waals surface area contributed by atoms with Crippen molar-refractivity contribution >= 4 is 11.9 Å². The van der Waals surface area contributed by atoms with Gasteiger partial charge in [0.1, 0.15) is 6.26 Å². The molecule has 9 heavy (non-hydrogen) atoms. The average Bonchev–Trinajstić information content (AvgIpc) is 1.63. The molecule has 0 spiro atoms. The van der Waals surface area contributed by atoms with Gasteiger partial charge in [-0.05, 0) is 0 Å². The van der Waals surface area contributed by atoms with Gasteiger partial charge in [-0.2, -0.15) is 0 Å². The molecular weight excluding hydrogens is 124 g/mol. The quantitative estimate of drug-likeness (QED) is 0.300. The molecular formula is C5H5O4. The van der Waals surface area contributed by atoms with Gasteiger partial charge >= 0.3 is 11.9 Å². The van der Waals surface area contributed by atoms with Crippen LogP contribution in [-0.4, -0.2) is 11.9 Å². The lowest BCUT2D eigenvalue weighted by molar-refractivity contribution is -0.137. The summed E-state index contributed by atoms with van der Waals surface area (Å²) >= 11 is 0. The minimum atomic E-state index is -1.39. The van der Waals surface area contributed by atoms with E-state index in [-0.39, 0.29) is 0 Å². The summed E-state index contributed by atoms with van der Waals surface area (Å²) in [6.45, 7) is 1.17. The summed E-state index contributed by atoms with van der Waals surface area (Å²) in [4.78, 5) is 19.5. The first kappa shape index (κ1) is 7.68. The second kappa shape index (κ2) is 3.65. The average molecular weight is 129 g/mol. The Morgan fingerprint density at radius 3 is 2.33 bits per heavy atom. The number of rotatable bonds is 2. The third-order valence-electron chi connectivity index (χ3n) is 0.438. The second-order valence-corrected chi connectivity index (χ2v) is 1.23. The van der Waals surface area contributed by atoms with Crippen molar-refractivity contribution in [3.05, 3.63) is 12.3 Å². The van der Waals surface area contributed by atoms with E-state index in [4.69, 9.17) is 0 Å². The molecule has 0 aliphatic carbocycles. The van der Waals surface area contributed by atoms with E-state index in [1.807, 2.05) is 0 Å². The molecule has 0 aromatic heterocycles. The largest absolute Gasteiger partial charge is 0.434 e. The summed E-state index contributed by atoms with van der Waals surface area (Å²) < 4.78 is 4.11. The van der Waals surface area contributed by atoms with E-state index in [1.54, 1.807) is 0 Å². The molecule has 1 radical (unpaired) electrons. The van der Waals surface area contributed by atoms with Crippen molar-refractivity contribution in [2.75, 3.05) is 0 Å². The topological polar surface area (TPSA) is 63.3 Å². The first-order valence-corrected chi connectivity index (χ1v) is 2.17. The van der Waals surface area contributed by atoms with Crippen LogP contribution in [0.2, 0.25) is 0 Å². The zero-order valence-electron chi connectivity index (χ0n) is 4.79. The molecule has 4 heteroatoms. The molecule has 0 saturated carbocycles. The van der Waals surface area contributed by atoms with Crippen LogP contribution in [0.25, 0.3) is 0 Å². The van der Waals surface area contributed by atoms with Gasteiger partial charge in [0.15, 0.2) is 0 Å². The van der Waals surface area contributed by atoms with Crippen molar-refractivity contribution < 1.29 is 19.4 Å². The van der Waals surface area contributed by atoms with Gasteiger partial charge in [0.25, 0.3) is 0 Å². The monoisotopic (exact) mass is 129 g/mol. The Morgan fingerprint density at radius 1 is 1.44 bits per heavy atom. The van der Waals surface area contributed by atoms with Gasteiger partial charge in [-0.3, -0.25) is 4.79 Å². The van der Waals surface area contributed by atoms with Crippen LogP contribution < -0.4 is 0 Å². The van der Waals surface area contributed by atoms with Gasteiger partial charge in [0.05, 0.1) is 6.08 Å². The van der Waals surface area contributed by atoms with Crippen molar-refractivity contribution in [1.82, 2.24) is 0 Å². The van der Waals surface area contributed by atoms with Crippen LogP contribution in [0, 0.1) is 0 Å². The third kappa shape index (κ3) is 6.68. The van der Waals surface area contributed by atoms with Crippen molar-refractivity contribution in [3.8, 4) is 0 Å². The smallest absolute Gasteiger partial charge is 0.382 e. The Kier molecular flexibility index (Phi) is 3.12. The minimum Gasteiger partial charge on any atom is -0.434 e. The fourth-order valence-electron chi connectivity index (χ4n) is 0.185. The van der Waals surface area contributed by atoms with Crippen molar-refractivity contribution in [2.24, 2.45) is 0 Å². The molecule has 0 unspecified atom stereocenters. The maximum absolute atomic E-state index is 9.94. The van der Waals surface area contributed by atoms with E-state index in [0.29, 0.717) is 6.08 Å². The van der Waals surface area contributed by atoms with Gasteiger partial charge < -0.3 is 4.74 Å². The van der Waals surface area contributed by atoms with Gasteiger partial charge in [-0.1, -0.05) is 0 Å². The molecule has 0 aromatic carbocycles. The standard InChI is InChI=1S/C5H5O4/c1-4(6)9-3-2-5(7)8/h2-3H,1H3. The Balaban J connectivity index is 3.48. The van der Waals surface area contributed by atoms with Crippen molar-refractivity contribution in [3.63, 3.8) is 0 Å². The molecule has 0 bridgehead atoms. The maximum Gasteiger partial charge on any atom is 0.382 e. The Morgan fingerprint density at radius 2 is 2.00 bits per heavy atom. The summed E-state index contributed by atoms with van der Waals surface area (Å²) in [5.74, 6) is -1.95. The Labute approximate surface area is 51.7 Å². The number of hydrogen-bond donors (Lipinski definition) is 0. The highest BCUT2D eigenvalue weighted by molar-refractivity contribution is 5.79. The molecule has 49 valence electrons. The van der Waals surface area contributed by atoms with E-state index in [2.05, 4.69) is 4.74 Å². The molecule has 0 saturated heterocycles. The molecule has 0 amide bonds. The molecule has 0 aromatic rings. The zero-order chi connectivity index (χ0) is 7.28. The maximum atomic E-state index is 9.94. The van der Waals surface area contributed by atoms with Crippen LogP contribution in [0.15, 0.2) is 12.3 Å². The third-order valence-corrected chi connectivity index (χ3v) is 0.438. The first-order valence-electron chi connectivity index (χ1n) is 2.17. The summed E-state index contributed by atoms with van der Waals surface area (Å²) in [5.41, 5.74) is 0. The first-order chi connectivity index (χ1) is 4.13. The van der Waals surface area contributed by atoms with E-state index < -0.39 is 11.9 Å². The number of esters is 1. The lowest BCUT2D eigenvalue weighted by Gasteiger charge is -1.85. The van der Waals surface area contributed by atoms with Crippen LogP contribution in [0.1, 0.15) is 6.92 Å². The molecule has 0 N–H and O–H groups in total. The van der Waals surface area contributed by atoms with Crippen LogP contribution in [0.4, 0.5) is 0 Å². The van der Waals surface area contributed by atoms with E-state index in [0.717, 1.165) is 6.26 Å². The molecule has 0 heterocycles. The molecule has 0 aliphatic heterocycles. The summed E-state index contributed by atoms with van der Waals surface area (Å²) in [7, 11) is 0. The summed E-state index contributed by atoms with van der Waals surface area (Å²) in [5, 5.41) is 9.59. The van der Waals surface area contributed by atoms with Crippen LogP contribution in [-0.2, 0) is 19.4 Å². The lowest BCUT2D eigenvalue weighted by Crippen LogP contribution is -1.91. The highest BCUT2D eigenvalue weighted by atomic mass is 16.5. The highest BCUT2D eigenvalue weighted by Gasteiger charge is 1.89. The minimum absolute atomic E-state index is 0.562. The van der Waals surface area contributed by atoms with Gasteiger partial charge in [-0.25, -0.2) is 9.90 Å². The summed E-state index contributed by atoms with van der Waals surface area (Å²) in [6, 6.07) is 0. The molecule has 0 atom stereocenters. The van der Waals surface area contributed by atoms with E-state index in [9.17, 15) is 14.7 Å². The van der Waals surface area contributed by atoms with Crippen molar-refractivity contribution in [1.29, 1.82) is 0 Å². The number of hydrogen-bond acceptors (Lipinski definition) is 3.